The van der Waals surface area contributed by atoms with Crippen LogP contribution < -0.4 is 10.1 Å². The number of pyridine rings is 1. The van der Waals surface area contributed by atoms with Crippen LogP contribution >= 0.6 is 0 Å². The predicted molar refractivity (Wildman–Crippen MR) is 100.0 cm³/mol. The summed E-state index contributed by atoms with van der Waals surface area (Å²) in [6, 6.07) is 16.0. The highest BCUT2D eigenvalue weighted by Gasteiger charge is 2.09. The van der Waals surface area contributed by atoms with Crippen LogP contribution in [0.2, 0.25) is 0 Å². The molecule has 0 radical (unpaired) electrons. The fourth-order valence-corrected chi connectivity index (χ4v) is 3.18. The highest BCUT2D eigenvalue weighted by Crippen LogP contribution is 2.25. The zero-order chi connectivity index (χ0) is 18.6. The highest BCUT2D eigenvalue weighted by molar-refractivity contribution is 7.90. The third-order valence-corrected chi connectivity index (χ3v) is 4.95. The molecular formula is C19H17N3O3S. The lowest BCUT2D eigenvalue weighted by molar-refractivity contribution is 0.332. The Morgan fingerprint density at radius 3 is 2.58 bits per heavy atom. The number of fused-ring (bicyclic) bond motifs is 1. The van der Waals surface area contributed by atoms with E-state index in [-0.39, 0.29) is 4.90 Å². The Morgan fingerprint density at radius 2 is 1.88 bits per heavy atom. The smallest absolute Gasteiger partial charge is 0.175 e. The van der Waals surface area contributed by atoms with Gasteiger partial charge in [0.15, 0.2) is 9.84 Å². The molecule has 0 bridgehead atoms. The molecular weight excluding hydrogens is 350 g/mol. The summed E-state index contributed by atoms with van der Waals surface area (Å²) in [4.78, 5) is 4.53. The van der Waals surface area contributed by atoms with E-state index in [9.17, 15) is 13.7 Å². The van der Waals surface area contributed by atoms with Crippen LogP contribution in [0.1, 0.15) is 5.56 Å². The number of hydrogen-bond acceptors (Lipinski definition) is 6. The Bertz CT molecular complexity index is 1070. The summed E-state index contributed by atoms with van der Waals surface area (Å²) in [7, 11) is -3.21. The minimum absolute atomic E-state index is 0.255. The summed E-state index contributed by atoms with van der Waals surface area (Å²) in [6.07, 6.45) is 2.72. The Balaban J connectivity index is 1.66. The summed E-state index contributed by atoms with van der Waals surface area (Å²) in [5, 5.41) is 13.4. The SMILES string of the molecule is CS(=O)(=O)c1ccc(OCCNc2c(C#N)cnc3ccccc23)cc1. The molecule has 6 nitrogen and oxygen atoms in total. The number of aromatic nitrogens is 1. The van der Waals surface area contributed by atoms with E-state index >= 15 is 0 Å². The largest absolute Gasteiger partial charge is 0.492 e. The van der Waals surface area contributed by atoms with Crippen molar-refractivity contribution in [1.29, 1.82) is 5.26 Å². The second kappa shape index (κ2) is 7.42. The van der Waals surface area contributed by atoms with Crippen LogP contribution in [0.4, 0.5) is 5.69 Å². The van der Waals surface area contributed by atoms with Gasteiger partial charge in [0.05, 0.1) is 21.7 Å². The Morgan fingerprint density at radius 1 is 1.15 bits per heavy atom. The Labute approximate surface area is 152 Å². The molecule has 0 amide bonds. The minimum atomic E-state index is -3.21. The molecule has 7 heteroatoms. The molecule has 3 rings (SSSR count). The molecule has 0 aliphatic rings. The maximum absolute atomic E-state index is 11.4. The van der Waals surface area contributed by atoms with E-state index < -0.39 is 9.84 Å². The average Bonchev–Trinajstić information content (AvgIpc) is 2.64. The zero-order valence-corrected chi connectivity index (χ0v) is 15.0. The van der Waals surface area contributed by atoms with Crippen LogP contribution in [-0.4, -0.2) is 32.8 Å². The number of sulfone groups is 1. The number of benzene rings is 2. The van der Waals surface area contributed by atoms with E-state index in [0.717, 1.165) is 16.6 Å². The molecule has 0 aliphatic heterocycles. The van der Waals surface area contributed by atoms with Gasteiger partial charge in [-0.2, -0.15) is 5.26 Å². The third-order valence-electron chi connectivity index (χ3n) is 3.82. The molecule has 0 saturated carbocycles. The van der Waals surface area contributed by atoms with Crippen molar-refractivity contribution in [2.45, 2.75) is 4.90 Å². The van der Waals surface area contributed by atoms with Gasteiger partial charge in [-0.25, -0.2) is 8.42 Å². The Kier molecular flexibility index (Phi) is 5.05. The van der Waals surface area contributed by atoms with E-state index in [1.54, 1.807) is 18.3 Å². The number of nitrogens with one attached hydrogen (secondary N) is 1. The minimum Gasteiger partial charge on any atom is -0.492 e. The molecule has 0 aliphatic carbocycles. The molecule has 26 heavy (non-hydrogen) atoms. The van der Waals surface area contributed by atoms with Crippen molar-refractivity contribution >= 4 is 26.4 Å². The van der Waals surface area contributed by atoms with E-state index in [4.69, 9.17) is 4.74 Å². The van der Waals surface area contributed by atoms with Gasteiger partial charge in [-0.1, -0.05) is 18.2 Å². The number of rotatable bonds is 6. The number of nitrogens with zero attached hydrogens (tertiary/aromatic N) is 2. The summed E-state index contributed by atoms with van der Waals surface area (Å²) in [6.45, 7) is 0.844. The topological polar surface area (TPSA) is 92.1 Å². The standard InChI is InChI=1S/C19H17N3O3S/c1-26(23,24)16-8-6-15(7-9-16)25-11-10-21-19-14(12-20)13-22-18-5-3-2-4-17(18)19/h2-9,13H,10-11H2,1H3,(H,21,22). The first-order valence-corrected chi connectivity index (χ1v) is 9.83. The maximum Gasteiger partial charge on any atom is 0.175 e. The molecule has 2 aromatic carbocycles. The van der Waals surface area contributed by atoms with E-state index in [1.165, 1.54) is 18.4 Å². The molecule has 0 saturated heterocycles. The van der Waals surface area contributed by atoms with Crippen LogP contribution in [-0.2, 0) is 9.84 Å². The molecule has 0 atom stereocenters. The molecule has 0 spiro atoms. The number of hydrogen-bond donors (Lipinski definition) is 1. The third kappa shape index (κ3) is 3.92. The van der Waals surface area contributed by atoms with Crippen molar-refractivity contribution in [2.24, 2.45) is 0 Å². The summed E-state index contributed by atoms with van der Waals surface area (Å²) >= 11 is 0. The van der Waals surface area contributed by atoms with Gasteiger partial charge >= 0.3 is 0 Å². The second-order valence-electron chi connectivity index (χ2n) is 5.69. The molecule has 0 fully saturated rings. The van der Waals surface area contributed by atoms with Crippen LogP contribution in [0.15, 0.2) is 59.6 Å². The van der Waals surface area contributed by atoms with E-state index in [2.05, 4.69) is 16.4 Å². The fourth-order valence-electron chi connectivity index (χ4n) is 2.54. The van der Waals surface area contributed by atoms with Crippen molar-refractivity contribution in [1.82, 2.24) is 4.98 Å². The second-order valence-corrected chi connectivity index (χ2v) is 7.71. The molecule has 132 valence electrons. The van der Waals surface area contributed by atoms with Gasteiger partial charge in [-0.05, 0) is 30.3 Å². The van der Waals surface area contributed by atoms with Gasteiger partial charge < -0.3 is 10.1 Å². The molecule has 1 aromatic heterocycles. The lowest BCUT2D eigenvalue weighted by Crippen LogP contribution is -2.13. The van der Waals surface area contributed by atoms with Gasteiger partial charge in [0.25, 0.3) is 0 Å². The maximum atomic E-state index is 11.4. The average molecular weight is 367 g/mol. The summed E-state index contributed by atoms with van der Waals surface area (Å²) in [5.74, 6) is 0.583. The van der Waals surface area contributed by atoms with Crippen molar-refractivity contribution in [3.05, 3.63) is 60.3 Å². The molecule has 1 heterocycles. The van der Waals surface area contributed by atoms with Crippen LogP contribution in [0.5, 0.6) is 5.75 Å². The van der Waals surface area contributed by atoms with Crippen molar-refractivity contribution in [3.63, 3.8) is 0 Å². The van der Waals surface area contributed by atoms with Crippen molar-refractivity contribution in [2.75, 3.05) is 24.7 Å². The molecule has 3 aromatic rings. The number of para-hydroxylation sites is 1. The molecule has 0 unspecified atom stereocenters. The normalized spacial score (nSPS) is 11.1. The van der Waals surface area contributed by atoms with Gasteiger partial charge in [-0.3, -0.25) is 4.98 Å². The van der Waals surface area contributed by atoms with Crippen LogP contribution in [0, 0.1) is 11.3 Å². The van der Waals surface area contributed by atoms with Gasteiger partial charge in [0.1, 0.15) is 18.4 Å². The lowest BCUT2D eigenvalue weighted by atomic mass is 10.1. The first kappa shape index (κ1) is 17.7. The highest BCUT2D eigenvalue weighted by atomic mass is 32.2. The van der Waals surface area contributed by atoms with E-state index in [1.807, 2.05) is 24.3 Å². The lowest BCUT2D eigenvalue weighted by Gasteiger charge is -2.12. The predicted octanol–water partition coefficient (Wildman–Crippen LogP) is 3.00. The number of anilines is 1. The van der Waals surface area contributed by atoms with Gasteiger partial charge in [-0.15, -0.1) is 0 Å². The van der Waals surface area contributed by atoms with Crippen molar-refractivity contribution < 1.29 is 13.2 Å². The quantitative estimate of drug-likeness (QED) is 0.673. The summed E-state index contributed by atoms with van der Waals surface area (Å²) < 4.78 is 28.5. The first-order chi connectivity index (χ1) is 12.5. The number of ether oxygens (including phenoxy) is 1. The first-order valence-electron chi connectivity index (χ1n) is 7.93. The monoisotopic (exact) mass is 367 g/mol. The zero-order valence-electron chi connectivity index (χ0n) is 14.1. The Hall–Kier alpha value is -3.11. The van der Waals surface area contributed by atoms with E-state index in [0.29, 0.717) is 24.5 Å². The van der Waals surface area contributed by atoms with Crippen molar-refractivity contribution in [3.8, 4) is 11.8 Å². The van der Waals surface area contributed by atoms with Gasteiger partial charge in [0.2, 0.25) is 0 Å². The molecule has 1 N–H and O–H groups in total. The number of nitriles is 1. The van der Waals surface area contributed by atoms with Gasteiger partial charge in [0, 0.05) is 24.4 Å². The summed E-state index contributed by atoms with van der Waals surface area (Å²) in [5.41, 5.74) is 2.02. The van der Waals surface area contributed by atoms with Crippen LogP contribution in [0.3, 0.4) is 0 Å². The fraction of sp³-hybridized carbons (Fsp3) is 0.158. The van der Waals surface area contributed by atoms with Crippen LogP contribution in [0.25, 0.3) is 10.9 Å².